The summed E-state index contributed by atoms with van der Waals surface area (Å²) in [6.07, 6.45) is 0.141. The largest absolute Gasteiger partial charge is 0.446 e. The fourth-order valence-electron chi connectivity index (χ4n) is 3.21. The Balaban J connectivity index is 1.48. The highest BCUT2D eigenvalue weighted by Crippen LogP contribution is 2.34. The minimum Gasteiger partial charge on any atom is -0.446 e. The molecular weight excluding hydrogens is 302 g/mol. The van der Waals surface area contributed by atoms with Crippen molar-refractivity contribution in [1.82, 2.24) is 5.32 Å². The van der Waals surface area contributed by atoms with E-state index in [-0.39, 0.29) is 25.7 Å². The third kappa shape index (κ3) is 4.41. The highest BCUT2D eigenvalue weighted by atomic mass is 19.3. The molecule has 2 aliphatic rings. The van der Waals surface area contributed by atoms with Gasteiger partial charge in [0.1, 0.15) is 6.10 Å². The Labute approximate surface area is 134 Å². The number of amides is 1. The topological polar surface area (TPSA) is 50.4 Å². The summed E-state index contributed by atoms with van der Waals surface area (Å²) in [5.41, 5.74) is 1.91. The van der Waals surface area contributed by atoms with E-state index in [1.165, 1.54) is 5.56 Å². The summed E-state index contributed by atoms with van der Waals surface area (Å²) in [4.78, 5) is 11.9. The lowest BCUT2D eigenvalue weighted by Gasteiger charge is -2.27. The number of nitrogens with one attached hydrogen (secondary N) is 2. The summed E-state index contributed by atoms with van der Waals surface area (Å²) >= 11 is 0. The molecular formula is C17H22F2N2O2. The molecule has 0 radical (unpaired) electrons. The molecule has 1 amide bonds. The van der Waals surface area contributed by atoms with Crippen molar-refractivity contribution in [3.8, 4) is 0 Å². The Morgan fingerprint density at radius 1 is 1.17 bits per heavy atom. The van der Waals surface area contributed by atoms with E-state index in [2.05, 4.69) is 10.6 Å². The van der Waals surface area contributed by atoms with Crippen LogP contribution in [0.3, 0.4) is 0 Å². The molecule has 1 aromatic rings. The minimum absolute atomic E-state index is 0.213. The molecule has 0 spiro atoms. The number of carbonyl (C=O) groups excluding carboxylic acids is 1. The van der Waals surface area contributed by atoms with Crippen molar-refractivity contribution in [3.63, 3.8) is 0 Å². The van der Waals surface area contributed by atoms with Gasteiger partial charge in [0, 0.05) is 25.1 Å². The molecule has 1 unspecified atom stereocenters. The number of ether oxygens (including phenoxy) is 1. The normalized spacial score (nSPS) is 24.3. The molecule has 0 aromatic heterocycles. The SMILES string of the molecule is O=C(Nc1ccc(C2CCNC2)cc1)OC1CCC(F)(F)CC1. The average Bonchev–Trinajstić information content (AvgIpc) is 3.04. The second-order valence-electron chi connectivity index (χ2n) is 6.40. The zero-order chi connectivity index (χ0) is 16.3. The monoisotopic (exact) mass is 324 g/mol. The predicted molar refractivity (Wildman–Crippen MR) is 84.0 cm³/mol. The van der Waals surface area contributed by atoms with Gasteiger partial charge in [-0.3, -0.25) is 5.32 Å². The standard InChI is InChI=1S/C17H22F2N2O2/c18-17(19)8-5-15(6-9-17)23-16(22)21-14-3-1-12(2-4-14)13-7-10-20-11-13/h1-4,13,15,20H,5-11H2,(H,21,22). The van der Waals surface area contributed by atoms with Gasteiger partial charge in [-0.1, -0.05) is 12.1 Å². The Kier molecular flexibility index (Phi) is 4.80. The summed E-state index contributed by atoms with van der Waals surface area (Å²) in [5.74, 6) is -2.08. The molecule has 0 bridgehead atoms. The van der Waals surface area contributed by atoms with Crippen LogP contribution in [0.5, 0.6) is 0 Å². The first-order valence-corrected chi connectivity index (χ1v) is 8.18. The van der Waals surface area contributed by atoms with Crippen LogP contribution >= 0.6 is 0 Å². The van der Waals surface area contributed by atoms with Gasteiger partial charge in [0.2, 0.25) is 5.92 Å². The van der Waals surface area contributed by atoms with E-state index < -0.39 is 18.1 Å². The molecule has 23 heavy (non-hydrogen) atoms. The van der Waals surface area contributed by atoms with E-state index in [9.17, 15) is 13.6 Å². The van der Waals surface area contributed by atoms with E-state index in [1.54, 1.807) is 0 Å². The molecule has 1 heterocycles. The Morgan fingerprint density at radius 2 is 1.87 bits per heavy atom. The van der Waals surface area contributed by atoms with Gasteiger partial charge in [-0.05, 0) is 49.4 Å². The first-order chi connectivity index (χ1) is 11.0. The molecule has 2 fully saturated rings. The van der Waals surface area contributed by atoms with Crippen molar-refractivity contribution < 1.29 is 18.3 Å². The van der Waals surface area contributed by atoms with Crippen LogP contribution in [0.25, 0.3) is 0 Å². The van der Waals surface area contributed by atoms with Crippen LogP contribution in [0.4, 0.5) is 19.3 Å². The number of rotatable bonds is 3. The number of alkyl halides is 2. The van der Waals surface area contributed by atoms with E-state index in [0.717, 1.165) is 19.5 Å². The summed E-state index contributed by atoms with van der Waals surface area (Å²) in [6.45, 7) is 2.03. The van der Waals surface area contributed by atoms with Crippen LogP contribution in [-0.2, 0) is 4.74 Å². The van der Waals surface area contributed by atoms with Crippen molar-refractivity contribution in [2.75, 3.05) is 18.4 Å². The molecule has 1 aromatic carbocycles. The number of benzene rings is 1. The van der Waals surface area contributed by atoms with Crippen molar-refractivity contribution in [2.45, 2.75) is 50.0 Å². The van der Waals surface area contributed by atoms with Gasteiger partial charge in [0.15, 0.2) is 0 Å². The zero-order valence-corrected chi connectivity index (χ0v) is 13.0. The fraction of sp³-hybridized carbons (Fsp3) is 0.588. The molecule has 6 heteroatoms. The minimum atomic E-state index is -2.61. The lowest BCUT2D eigenvalue weighted by atomic mass is 9.94. The van der Waals surface area contributed by atoms with E-state index in [0.29, 0.717) is 11.6 Å². The van der Waals surface area contributed by atoms with Crippen LogP contribution in [0, 0.1) is 0 Å². The lowest BCUT2D eigenvalue weighted by Crippen LogP contribution is -2.31. The second kappa shape index (κ2) is 6.83. The van der Waals surface area contributed by atoms with Crippen LogP contribution in [0.2, 0.25) is 0 Å². The molecule has 1 atom stereocenters. The third-order valence-electron chi connectivity index (χ3n) is 4.63. The van der Waals surface area contributed by atoms with Gasteiger partial charge in [0.05, 0.1) is 0 Å². The maximum atomic E-state index is 13.1. The number of carbonyl (C=O) groups is 1. The maximum Gasteiger partial charge on any atom is 0.411 e. The fourth-order valence-corrected chi connectivity index (χ4v) is 3.21. The van der Waals surface area contributed by atoms with Crippen LogP contribution in [-0.4, -0.2) is 31.2 Å². The summed E-state index contributed by atoms with van der Waals surface area (Å²) < 4.78 is 31.4. The number of hydrogen-bond donors (Lipinski definition) is 2. The average molecular weight is 324 g/mol. The van der Waals surface area contributed by atoms with Crippen molar-refractivity contribution >= 4 is 11.8 Å². The van der Waals surface area contributed by atoms with E-state index in [1.807, 2.05) is 24.3 Å². The van der Waals surface area contributed by atoms with Gasteiger partial charge >= 0.3 is 6.09 Å². The number of anilines is 1. The van der Waals surface area contributed by atoms with Gasteiger partial charge in [0.25, 0.3) is 0 Å². The Hall–Kier alpha value is -1.69. The van der Waals surface area contributed by atoms with Crippen LogP contribution in [0.15, 0.2) is 24.3 Å². The Bertz CT molecular complexity index is 532. The lowest BCUT2D eigenvalue weighted by molar-refractivity contribution is -0.0642. The summed E-state index contributed by atoms with van der Waals surface area (Å²) in [6, 6.07) is 7.72. The molecule has 2 N–H and O–H groups in total. The molecule has 1 saturated heterocycles. The van der Waals surface area contributed by atoms with Gasteiger partial charge in [-0.15, -0.1) is 0 Å². The second-order valence-corrected chi connectivity index (χ2v) is 6.40. The summed E-state index contributed by atoms with van der Waals surface area (Å²) in [7, 11) is 0. The Morgan fingerprint density at radius 3 is 2.48 bits per heavy atom. The van der Waals surface area contributed by atoms with E-state index >= 15 is 0 Å². The quantitative estimate of drug-likeness (QED) is 0.887. The number of hydrogen-bond acceptors (Lipinski definition) is 3. The number of halogens is 2. The van der Waals surface area contributed by atoms with Crippen LogP contribution < -0.4 is 10.6 Å². The molecule has 4 nitrogen and oxygen atoms in total. The first kappa shape index (κ1) is 16.2. The van der Waals surface area contributed by atoms with Gasteiger partial charge < -0.3 is 10.1 Å². The summed E-state index contributed by atoms with van der Waals surface area (Å²) in [5, 5.41) is 5.99. The first-order valence-electron chi connectivity index (χ1n) is 8.18. The van der Waals surface area contributed by atoms with Crippen molar-refractivity contribution in [1.29, 1.82) is 0 Å². The highest BCUT2D eigenvalue weighted by molar-refractivity contribution is 5.84. The van der Waals surface area contributed by atoms with Gasteiger partial charge in [-0.25, -0.2) is 13.6 Å². The molecule has 1 aliphatic carbocycles. The highest BCUT2D eigenvalue weighted by Gasteiger charge is 2.36. The van der Waals surface area contributed by atoms with E-state index in [4.69, 9.17) is 4.74 Å². The maximum absolute atomic E-state index is 13.1. The molecule has 126 valence electrons. The van der Waals surface area contributed by atoms with Crippen LogP contribution in [0.1, 0.15) is 43.6 Å². The van der Waals surface area contributed by atoms with Gasteiger partial charge in [-0.2, -0.15) is 0 Å². The van der Waals surface area contributed by atoms with Crippen molar-refractivity contribution in [2.24, 2.45) is 0 Å². The molecule has 1 aliphatic heterocycles. The third-order valence-corrected chi connectivity index (χ3v) is 4.63. The molecule has 1 saturated carbocycles. The smallest absolute Gasteiger partial charge is 0.411 e. The molecule has 3 rings (SSSR count). The zero-order valence-electron chi connectivity index (χ0n) is 13.0. The van der Waals surface area contributed by atoms with Crippen molar-refractivity contribution in [3.05, 3.63) is 29.8 Å². The predicted octanol–water partition coefficient (Wildman–Crippen LogP) is 3.89.